The Balaban J connectivity index is 2.84. The molecular formula is C15H17NO3. The molecule has 0 spiro atoms. The molecule has 100 valence electrons. The minimum absolute atomic E-state index is 0.0145. The summed E-state index contributed by atoms with van der Waals surface area (Å²) in [5.41, 5.74) is 3.07. The van der Waals surface area contributed by atoms with Crippen molar-refractivity contribution in [2.24, 2.45) is 0 Å². The van der Waals surface area contributed by atoms with Gasteiger partial charge in [0.1, 0.15) is 18.2 Å². The molecule has 0 bridgehead atoms. The Kier molecular flexibility index (Phi) is 5.77. The summed E-state index contributed by atoms with van der Waals surface area (Å²) in [6, 6.07) is 7.60. The zero-order valence-electron chi connectivity index (χ0n) is 11.4. The standard InChI is InChI=1S/C15H17NO3/c1-11-4-5-13(8-12(11)2)9-14(10-16)15(17)19-7-6-18-3/h4-5,8-9H,6-7H2,1-3H3/b14-9+. The lowest BCUT2D eigenvalue weighted by molar-refractivity contribution is -0.139. The highest BCUT2D eigenvalue weighted by Crippen LogP contribution is 2.13. The summed E-state index contributed by atoms with van der Waals surface area (Å²) in [5, 5.41) is 8.99. The Bertz CT molecular complexity index is 527. The first-order valence-electron chi connectivity index (χ1n) is 5.93. The molecule has 1 aromatic rings. The summed E-state index contributed by atoms with van der Waals surface area (Å²) in [5.74, 6) is -0.627. The van der Waals surface area contributed by atoms with Crippen LogP contribution in [0.1, 0.15) is 16.7 Å². The van der Waals surface area contributed by atoms with E-state index in [1.54, 1.807) is 0 Å². The molecule has 1 rings (SSSR count). The van der Waals surface area contributed by atoms with E-state index in [0.29, 0.717) is 6.61 Å². The molecule has 0 fully saturated rings. The van der Waals surface area contributed by atoms with Crippen molar-refractivity contribution >= 4 is 12.0 Å². The number of carbonyl (C=O) groups excluding carboxylic acids is 1. The van der Waals surface area contributed by atoms with Crippen molar-refractivity contribution in [2.75, 3.05) is 20.3 Å². The van der Waals surface area contributed by atoms with E-state index >= 15 is 0 Å². The third kappa shape index (κ3) is 4.57. The fourth-order valence-corrected chi connectivity index (χ4v) is 1.45. The molecule has 0 N–H and O–H groups in total. The molecule has 0 aromatic heterocycles. The van der Waals surface area contributed by atoms with Crippen molar-refractivity contribution < 1.29 is 14.3 Å². The van der Waals surface area contributed by atoms with E-state index in [1.165, 1.54) is 18.7 Å². The second-order valence-electron chi connectivity index (χ2n) is 4.14. The molecule has 0 aliphatic rings. The van der Waals surface area contributed by atoms with Gasteiger partial charge in [-0.2, -0.15) is 5.26 Å². The van der Waals surface area contributed by atoms with Crippen molar-refractivity contribution in [3.63, 3.8) is 0 Å². The van der Waals surface area contributed by atoms with Gasteiger partial charge in [-0.05, 0) is 36.6 Å². The van der Waals surface area contributed by atoms with Gasteiger partial charge in [0.25, 0.3) is 0 Å². The first kappa shape index (κ1) is 14.9. The van der Waals surface area contributed by atoms with Crippen LogP contribution >= 0.6 is 0 Å². The molecule has 0 saturated heterocycles. The molecule has 0 aliphatic heterocycles. The van der Waals surface area contributed by atoms with Gasteiger partial charge in [-0.15, -0.1) is 0 Å². The van der Waals surface area contributed by atoms with Crippen LogP contribution in [0, 0.1) is 25.2 Å². The number of rotatable bonds is 5. The number of aryl methyl sites for hydroxylation is 2. The highest BCUT2D eigenvalue weighted by atomic mass is 16.6. The lowest BCUT2D eigenvalue weighted by atomic mass is 10.0. The van der Waals surface area contributed by atoms with Crippen LogP contribution in [0.15, 0.2) is 23.8 Å². The molecular weight excluding hydrogens is 242 g/mol. The van der Waals surface area contributed by atoms with Gasteiger partial charge in [-0.1, -0.05) is 18.2 Å². The minimum atomic E-state index is -0.627. The van der Waals surface area contributed by atoms with Gasteiger partial charge in [0, 0.05) is 7.11 Å². The first-order chi connectivity index (χ1) is 9.08. The van der Waals surface area contributed by atoms with Crippen LogP contribution in [0.3, 0.4) is 0 Å². The average Bonchev–Trinajstić information content (AvgIpc) is 2.40. The Hall–Kier alpha value is -2.12. The number of nitriles is 1. The quantitative estimate of drug-likeness (QED) is 0.352. The maximum absolute atomic E-state index is 11.6. The summed E-state index contributed by atoms with van der Waals surface area (Å²) >= 11 is 0. The molecule has 0 unspecified atom stereocenters. The van der Waals surface area contributed by atoms with Gasteiger partial charge in [0.2, 0.25) is 0 Å². The number of esters is 1. The molecule has 4 heteroatoms. The van der Waals surface area contributed by atoms with Crippen LogP contribution in [-0.4, -0.2) is 26.3 Å². The number of hydrogen-bond acceptors (Lipinski definition) is 4. The molecule has 0 amide bonds. The number of nitrogens with zero attached hydrogens (tertiary/aromatic N) is 1. The van der Waals surface area contributed by atoms with Crippen molar-refractivity contribution in [1.82, 2.24) is 0 Å². The van der Waals surface area contributed by atoms with E-state index in [1.807, 2.05) is 38.1 Å². The van der Waals surface area contributed by atoms with Gasteiger partial charge >= 0.3 is 5.97 Å². The second-order valence-corrected chi connectivity index (χ2v) is 4.14. The molecule has 0 saturated carbocycles. The predicted octanol–water partition coefficient (Wildman–Crippen LogP) is 2.40. The van der Waals surface area contributed by atoms with Crippen LogP contribution in [0.5, 0.6) is 0 Å². The lowest BCUT2D eigenvalue weighted by Crippen LogP contribution is -2.11. The number of benzene rings is 1. The van der Waals surface area contributed by atoms with Gasteiger partial charge in [0.15, 0.2) is 0 Å². The summed E-state index contributed by atoms with van der Waals surface area (Å²) in [6.45, 7) is 4.44. The summed E-state index contributed by atoms with van der Waals surface area (Å²) in [7, 11) is 1.52. The van der Waals surface area contributed by atoms with Crippen molar-refractivity contribution in [1.29, 1.82) is 5.26 Å². The normalized spacial score (nSPS) is 10.9. The number of ether oxygens (including phenoxy) is 2. The van der Waals surface area contributed by atoms with Crippen molar-refractivity contribution in [2.45, 2.75) is 13.8 Å². The SMILES string of the molecule is COCCOC(=O)/C(C#N)=C/c1ccc(C)c(C)c1. The van der Waals surface area contributed by atoms with Gasteiger partial charge in [-0.25, -0.2) is 4.79 Å². The topological polar surface area (TPSA) is 59.3 Å². The Morgan fingerprint density at radius 3 is 2.63 bits per heavy atom. The summed E-state index contributed by atoms with van der Waals surface area (Å²) in [6.07, 6.45) is 1.53. The molecule has 19 heavy (non-hydrogen) atoms. The minimum Gasteiger partial charge on any atom is -0.459 e. The summed E-state index contributed by atoms with van der Waals surface area (Å²) in [4.78, 5) is 11.6. The van der Waals surface area contributed by atoms with E-state index in [0.717, 1.165) is 11.1 Å². The molecule has 0 atom stereocenters. The third-order valence-corrected chi connectivity index (χ3v) is 2.70. The summed E-state index contributed by atoms with van der Waals surface area (Å²) < 4.78 is 9.68. The largest absolute Gasteiger partial charge is 0.459 e. The fraction of sp³-hybridized carbons (Fsp3) is 0.333. The fourth-order valence-electron chi connectivity index (χ4n) is 1.45. The third-order valence-electron chi connectivity index (χ3n) is 2.70. The molecule has 1 aromatic carbocycles. The number of carbonyl (C=O) groups is 1. The molecule has 0 aliphatic carbocycles. The monoisotopic (exact) mass is 259 g/mol. The molecule has 4 nitrogen and oxygen atoms in total. The van der Waals surface area contributed by atoms with E-state index in [-0.39, 0.29) is 12.2 Å². The number of methoxy groups -OCH3 is 1. The predicted molar refractivity (Wildman–Crippen MR) is 72.3 cm³/mol. The molecule has 0 heterocycles. The number of hydrogen-bond donors (Lipinski definition) is 0. The lowest BCUT2D eigenvalue weighted by Gasteiger charge is -2.04. The Morgan fingerprint density at radius 1 is 1.32 bits per heavy atom. The van der Waals surface area contributed by atoms with E-state index in [9.17, 15) is 4.79 Å². The van der Waals surface area contributed by atoms with E-state index < -0.39 is 5.97 Å². The van der Waals surface area contributed by atoms with Gasteiger partial charge < -0.3 is 9.47 Å². The van der Waals surface area contributed by atoms with Crippen molar-refractivity contribution in [3.05, 3.63) is 40.5 Å². The Labute approximate surface area is 113 Å². The maximum Gasteiger partial charge on any atom is 0.348 e. The maximum atomic E-state index is 11.6. The Morgan fingerprint density at radius 2 is 2.05 bits per heavy atom. The van der Waals surface area contributed by atoms with E-state index in [2.05, 4.69) is 0 Å². The smallest absolute Gasteiger partial charge is 0.348 e. The van der Waals surface area contributed by atoms with Gasteiger partial charge in [0.05, 0.1) is 6.61 Å². The highest BCUT2D eigenvalue weighted by Gasteiger charge is 2.10. The first-order valence-corrected chi connectivity index (χ1v) is 5.93. The van der Waals surface area contributed by atoms with Crippen LogP contribution in [0.4, 0.5) is 0 Å². The van der Waals surface area contributed by atoms with Crippen molar-refractivity contribution in [3.8, 4) is 6.07 Å². The highest BCUT2D eigenvalue weighted by molar-refractivity contribution is 5.97. The second kappa shape index (κ2) is 7.34. The van der Waals surface area contributed by atoms with E-state index in [4.69, 9.17) is 14.7 Å². The van der Waals surface area contributed by atoms with Crippen LogP contribution in [0.2, 0.25) is 0 Å². The molecule has 0 radical (unpaired) electrons. The van der Waals surface area contributed by atoms with Crippen LogP contribution in [0.25, 0.3) is 6.08 Å². The zero-order valence-corrected chi connectivity index (χ0v) is 11.4. The average molecular weight is 259 g/mol. The zero-order chi connectivity index (χ0) is 14.3. The van der Waals surface area contributed by atoms with Gasteiger partial charge in [-0.3, -0.25) is 0 Å². The van der Waals surface area contributed by atoms with Crippen LogP contribution < -0.4 is 0 Å². The van der Waals surface area contributed by atoms with Crippen LogP contribution in [-0.2, 0) is 14.3 Å².